The first-order chi connectivity index (χ1) is 10.3. The normalized spacial score (nSPS) is 15.3. The van der Waals surface area contributed by atoms with Crippen molar-refractivity contribution in [3.8, 4) is 0 Å². The van der Waals surface area contributed by atoms with Crippen molar-refractivity contribution in [3.63, 3.8) is 0 Å². The second-order valence-electron chi connectivity index (χ2n) is 5.13. The van der Waals surface area contributed by atoms with Gasteiger partial charge in [0.05, 0.1) is 18.7 Å². The van der Waals surface area contributed by atoms with Gasteiger partial charge in [-0.3, -0.25) is 14.2 Å². The van der Waals surface area contributed by atoms with Crippen LogP contribution in [0.25, 0.3) is 10.9 Å². The fourth-order valence-corrected chi connectivity index (χ4v) is 2.61. The lowest BCUT2D eigenvalue weighted by atomic mass is 10.2. The second kappa shape index (κ2) is 6.10. The molecule has 0 aliphatic carbocycles. The summed E-state index contributed by atoms with van der Waals surface area (Å²) >= 11 is 0. The molecule has 0 unspecified atom stereocenters. The zero-order valence-electron chi connectivity index (χ0n) is 11.8. The summed E-state index contributed by atoms with van der Waals surface area (Å²) in [6.07, 6.45) is 2.26. The average molecular weight is 286 g/mol. The van der Waals surface area contributed by atoms with E-state index in [4.69, 9.17) is 4.74 Å². The van der Waals surface area contributed by atoms with Gasteiger partial charge in [-0.2, -0.15) is 0 Å². The number of benzene rings is 1. The Morgan fingerprint density at radius 3 is 2.52 bits per heavy atom. The van der Waals surface area contributed by atoms with Crippen molar-refractivity contribution in [1.29, 1.82) is 0 Å². The zero-order chi connectivity index (χ0) is 14.7. The molecule has 1 aliphatic rings. The maximum Gasteiger partial charge on any atom is 0.231 e. The Morgan fingerprint density at radius 1 is 1.00 bits per heavy atom. The third-order valence-electron chi connectivity index (χ3n) is 3.78. The molecule has 0 saturated carbocycles. The highest BCUT2D eigenvalue weighted by Crippen LogP contribution is 2.16. The van der Waals surface area contributed by atoms with E-state index in [-0.39, 0.29) is 24.7 Å². The Balaban J connectivity index is 1.62. The number of hydrogen-bond donors (Lipinski definition) is 0. The van der Waals surface area contributed by atoms with E-state index in [0.29, 0.717) is 26.3 Å². The third kappa shape index (κ3) is 2.97. The van der Waals surface area contributed by atoms with Crippen LogP contribution in [0.1, 0.15) is 17.6 Å². The first-order valence-electron chi connectivity index (χ1n) is 7.20. The molecule has 0 bridgehead atoms. The molecule has 5 heteroatoms. The van der Waals surface area contributed by atoms with Crippen LogP contribution in [0.5, 0.6) is 0 Å². The van der Waals surface area contributed by atoms with E-state index in [0.717, 1.165) is 10.9 Å². The minimum absolute atomic E-state index is 0.0307. The van der Waals surface area contributed by atoms with Crippen LogP contribution in [0.4, 0.5) is 0 Å². The van der Waals surface area contributed by atoms with Crippen molar-refractivity contribution in [2.24, 2.45) is 0 Å². The second-order valence-corrected chi connectivity index (χ2v) is 5.13. The highest BCUT2D eigenvalue weighted by Gasteiger charge is 2.18. The number of nitrogens with zero attached hydrogens (tertiary/aromatic N) is 2. The van der Waals surface area contributed by atoms with Gasteiger partial charge in [0, 0.05) is 37.5 Å². The minimum atomic E-state index is -0.0437. The van der Waals surface area contributed by atoms with Gasteiger partial charge in [-0.25, -0.2) is 0 Å². The Hall–Kier alpha value is -2.14. The predicted molar refractivity (Wildman–Crippen MR) is 79.2 cm³/mol. The molecule has 2 aromatic rings. The summed E-state index contributed by atoms with van der Waals surface area (Å²) in [5, 5.41) is 1.03. The van der Waals surface area contributed by atoms with Crippen molar-refractivity contribution >= 4 is 22.7 Å². The molecule has 1 aromatic heterocycles. The van der Waals surface area contributed by atoms with E-state index >= 15 is 0 Å². The maximum atomic E-state index is 12.3. The number of aromatic nitrogens is 1. The Labute approximate surface area is 123 Å². The van der Waals surface area contributed by atoms with Gasteiger partial charge < -0.3 is 9.64 Å². The van der Waals surface area contributed by atoms with Crippen molar-refractivity contribution in [1.82, 2.24) is 9.47 Å². The first kappa shape index (κ1) is 13.8. The molecule has 0 spiro atoms. The largest absolute Gasteiger partial charge is 0.378 e. The van der Waals surface area contributed by atoms with Crippen LogP contribution in [0, 0.1) is 0 Å². The molecular weight excluding hydrogens is 268 g/mol. The van der Waals surface area contributed by atoms with Crippen LogP contribution in [-0.2, 0) is 9.53 Å². The Bertz CT molecular complexity index is 656. The van der Waals surface area contributed by atoms with E-state index in [2.05, 4.69) is 0 Å². The van der Waals surface area contributed by atoms with Gasteiger partial charge in [0.1, 0.15) is 0 Å². The third-order valence-corrected chi connectivity index (χ3v) is 3.78. The molecule has 1 aromatic carbocycles. The summed E-state index contributed by atoms with van der Waals surface area (Å²) < 4.78 is 6.84. The molecule has 1 fully saturated rings. The number of amides is 1. The fourth-order valence-electron chi connectivity index (χ4n) is 2.61. The topological polar surface area (TPSA) is 51.5 Å². The standard InChI is InChI=1S/C16H18N2O3/c19-15(17-9-11-21-12-10-17)5-6-16(20)18-8-7-13-3-1-2-4-14(13)18/h1-4,7-8H,5-6,9-12H2. The van der Waals surface area contributed by atoms with E-state index in [9.17, 15) is 9.59 Å². The lowest BCUT2D eigenvalue weighted by molar-refractivity contribution is -0.135. The number of morpholine rings is 1. The molecule has 21 heavy (non-hydrogen) atoms. The first-order valence-corrected chi connectivity index (χ1v) is 7.20. The van der Waals surface area contributed by atoms with E-state index in [1.807, 2.05) is 30.3 Å². The van der Waals surface area contributed by atoms with Crippen LogP contribution in [0.2, 0.25) is 0 Å². The van der Waals surface area contributed by atoms with Crippen LogP contribution < -0.4 is 0 Å². The zero-order valence-corrected chi connectivity index (χ0v) is 11.8. The fraction of sp³-hybridized carbons (Fsp3) is 0.375. The highest BCUT2D eigenvalue weighted by molar-refractivity contribution is 5.93. The van der Waals surface area contributed by atoms with Gasteiger partial charge in [-0.05, 0) is 12.1 Å². The number of carbonyl (C=O) groups excluding carboxylic acids is 2. The molecule has 5 nitrogen and oxygen atoms in total. The molecule has 1 saturated heterocycles. The number of para-hydroxylation sites is 1. The summed E-state index contributed by atoms with van der Waals surface area (Å²) in [7, 11) is 0. The summed E-state index contributed by atoms with van der Waals surface area (Å²) in [6, 6.07) is 9.65. The number of fused-ring (bicyclic) bond motifs is 1. The lowest BCUT2D eigenvalue weighted by Gasteiger charge is -2.26. The summed E-state index contributed by atoms with van der Waals surface area (Å²) in [5.74, 6) is -0.0130. The smallest absolute Gasteiger partial charge is 0.231 e. The van der Waals surface area contributed by atoms with Crippen LogP contribution >= 0.6 is 0 Å². The van der Waals surface area contributed by atoms with Crippen LogP contribution in [0.3, 0.4) is 0 Å². The quantitative estimate of drug-likeness (QED) is 0.866. The van der Waals surface area contributed by atoms with Gasteiger partial charge in [0.2, 0.25) is 11.8 Å². The van der Waals surface area contributed by atoms with Crippen LogP contribution in [0.15, 0.2) is 36.5 Å². The number of ether oxygens (including phenoxy) is 1. The van der Waals surface area contributed by atoms with E-state index in [1.54, 1.807) is 15.7 Å². The number of hydrogen-bond acceptors (Lipinski definition) is 3. The maximum absolute atomic E-state index is 12.3. The molecule has 1 aliphatic heterocycles. The van der Waals surface area contributed by atoms with Crippen LogP contribution in [-0.4, -0.2) is 47.6 Å². The van der Waals surface area contributed by atoms with Gasteiger partial charge in [-0.15, -0.1) is 0 Å². The van der Waals surface area contributed by atoms with E-state index < -0.39 is 0 Å². The van der Waals surface area contributed by atoms with Crippen molar-refractivity contribution in [3.05, 3.63) is 36.5 Å². The molecule has 110 valence electrons. The molecular formula is C16H18N2O3. The molecule has 3 rings (SSSR count). The number of rotatable bonds is 3. The van der Waals surface area contributed by atoms with Gasteiger partial charge >= 0.3 is 0 Å². The summed E-state index contributed by atoms with van der Waals surface area (Å²) in [5.41, 5.74) is 0.890. The molecule has 2 heterocycles. The van der Waals surface area contributed by atoms with Gasteiger partial charge in [0.25, 0.3) is 0 Å². The van der Waals surface area contributed by atoms with Gasteiger partial charge in [-0.1, -0.05) is 18.2 Å². The van der Waals surface area contributed by atoms with Crippen molar-refractivity contribution in [2.45, 2.75) is 12.8 Å². The lowest BCUT2D eigenvalue weighted by Crippen LogP contribution is -2.40. The van der Waals surface area contributed by atoms with Gasteiger partial charge in [0.15, 0.2) is 0 Å². The summed E-state index contributed by atoms with van der Waals surface area (Å²) in [6.45, 7) is 2.42. The number of carbonyl (C=O) groups is 2. The minimum Gasteiger partial charge on any atom is -0.378 e. The van der Waals surface area contributed by atoms with Crippen molar-refractivity contribution in [2.75, 3.05) is 26.3 Å². The predicted octanol–water partition coefficient (Wildman–Crippen LogP) is 1.92. The summed E-state index contributed by atoms with van der Waals surface area (Å²) in [4.78, 5) is 26.1. The molecule has 0 atom stereocenters. The van der Waals surface area contributed by atoms with E-state index in [1.165, 1.54) is 0 Å². The Morgan fingerprint density at radius 2 is 1.71 bits per heavy atom. The SMILES string of the molecule is O=C(CCC(=O)n1ccc2ccccc21)N1CCOCC1. The van der Waals surface area contributed by atoms with Crippen molar-refractivity contribution < 1.29 is 14.3 Å². The molecule has 0 radical (unpaired) electrons. The monoisotopic (exact) mass is 286 g/mol. The molecule has 1 amide bonds. The average Bonchev–Trinajstić information content (AvgIpc) is 2.97. The Kier molecular flexibility index (Phi) is 4.01. The molecule has 0 N–H and O–H groups in total. The highest BCUT2D eigenvalue weighted by atomic mass is 16.5.